The molecule has 1 aliphatic rings. The first-order valence-corrected chi connectivity index (χ1v) is 8.14. The third-order valence-corrected chi connectivity index (χ3v) is 5.18. The van der Waals surface area contributed by atoms with E-state index in [0.29, 0.717) is 24.5 Å². The lowest BCUT2D eigenvalue weighted by molar-refractivity contribution is -0.142. The normalized spacial score (nSPS) is 18.0. The number of carboxylic acid groups (broad SMARTS) is 1. The number of rotatable bonds is 5. The molecule has 2 rings (SSSR count). The van der Waals surface area contributed by atoms with Crippen molar-refractivity contribution in [2.24, 2.45) is 5.92 Å². The van der Waals surface area contributed by atoms with Crippen molar-refractivity contribution in [2.75, 3.05) is 13.1 Å². The molecular weight excluding hydrogens is 298 g/mol. The predicted molar refractivity (Wildman–Crippen MR) is 73.7 cm³/mol. The summed E-state index contributed by atoms with van der Waals surface area (Å²) >= 11 is 0. The van der Waals surface area contributed by atoms with Crippen molar-refractivity contribution in [1.82, 2.24) is 14.0 Å². The highest BCUT2D eigenvalue weighted by molar-refractivity contribution is 7.87. The highest BCUT2D eigenvalue weighted by Crippen LogP contribution is 2.19. The van der Waals surface area contributed by atoms with Gasteiger partial charge in [0.05, 0.1) is 18.2 Å². The summed E-state index contributed by atoms with van der Waals surface area (Å²) in [7, 11) is -3.64. The molecule has 1 aliphatic heterocycles. The number of aromatic nitrogens is 1. The third-order valence-electron chi connectivity index (χ3n) is 3.62. The maximum atomic E-state index is 12.1. The number of piperidine rings is 1. The van der Waals surface area contributed by atoms with E-state index in [-0.39, 0.29) is 19.6 Å². The monoisotopic (exact) mass is 317 g/mol. The number of carboxylic acids is 1. The Balaban J connectivity index is 1.92. The van der Waals surface area contributed by atoms with E-state index in [0.717, 1.165) is 5.69 Å². The molecule has 0 saturated carbocycles. The highest BCUT2D eigenvalue weighted by atomic mass is 32.2. The molecule has 0 radical (unpaired) electrons. The van der Waals surface area contributed by atoms with Gasteiger partial charge in [0, 0.05) is 13.1 Å². The number of aliphatic carboxylic acids is 1. The summed E-state index contributed by atoms with van der Waals surface area (Å²) < 4.78 is 33.2. The van der Waals surface area contributed by atoms with E-state index in [4.69, 9.17) is 9.52 Å². The molecule has 9 heteroatoms. The molecule has 0 unspecified atom stereocenters. The van der Waals surface area contributed by atoms with Gasteiger partial charge in [-0.25, -0.2) is 4.98 Å². The second-order valence-electron chi connectivity index (χ2n) is 5.09. The van der Waals surface area contributed by atoms with Gasteiger partial charge in [-0.3, -0.25) is 4.79 Å². The summed E-state index contributed by atoms with van der Waals surface area (Å²) in [5, 5.41) is 8.90. The molecule has 2 N–H and O–H groups in total. The number of nitrogens with one attached hydrogen (secondary N) is 1. The van der Waals surface area contributed by atoms with Crippen molar-refractivity contribution in [2.45, 2.75) is 33.2 Å². The van der Waals surface area contributed by atoms with E-state index in [9.17, 15) is 13.2 Å². The lowest BCUT2D eigenvalue weighted by Gasteiger charge is -2.29. The molecule has 2 heterocycles. The average molecular weight is 317 g/mol. The maximum Gasteiger partial charge on any atom is 0.306 e. The fourth-order valence-electron chi connectivity index (χ4n) is 2.20. The molecular formula is C12H19N3O5S. The van der Waals surface area contributed by atoms with Crippen molar-refractivity contribution in [3.05, 3.63) is 17.3 Å². The molecule has 1 saturated heterocycles. The Morgan fingerprint density at radius 2 is 2.05 bits per heavy atom. The van der Waals surface area contributed by atoms with Gasteiger partial charge < -0.3 is 9.52 Å². The summed E-state index contributed by atoms with van der Waals surface area (Å²) in [6.07, 6.45) is 0.654. The minimum atomic E-state index is -3.64. The van der Waals surface area contributed by atoms with Crippen LogP contribution in [-0.2, 0) is 21.5 Å². The second-order valence-corrected chi connectivity index (χ2v) is 6.84. The van der Waals surface area contributed by atoms with Crippen molar-refractivity contribution in [1.29, 1.82) is 0 Å². The zero-order valence-corrected chi connectivity index (χ0v) is 12.8. The van der Waals surface area contributed by atoms with Gasteiger partial charge >= 0.3 is 5.97 Å². The highest BCUT2D eigenvalue weighted by Gasteiger charge is 2.30. The van der Waals surface area contributed by atoms with Crippen molar-refractivity contribution in [3.63, 3.8) is 0 Å². The molecule has 1 aromatic rings. The quantitative estimate of drug-likeness (QED) is 0.814. The van der Waals surface area contributed by atoms with E-state index in [1.54, 1.807) is 13.8 Å². The number of nitrogens with zero attached hydrogens (tertiary/aromatic N) is 2. The van der Waals surface area contributed by atoms with Crippen LogP contribution >= 0.6 is 0 Å². The van der Waals surface area contributed by atoms with Crippen LogP contribution in [0.4, 0.5) is 0 Å². The zero-order valence-electron chi connectivity index (χ0n) is 12.0. The lowest BCUT2D eigenvalue weighted by atomic mass is 9.99. The minimum absolute atomic E-state index is 0.0180. The predicted octanol–water partition coefficient (Wildman–Crippen LogP) is 0.422. The van der Waals surface area contributed by atoms with Crippen LogP contribution in [0.2, 0.25) is 0 Å². The van der Waals surface area contributed by atoms with Crippen LogP contribution in [-0.4, -0.2) is 41.9 Å². The summed E-state index contributed by atoms with van der Waals surface area (Å²) in [4.78, 5) is 15.0. The summed E-state index contributed by atoms with van der Waals surface area (Å²) in [5.41, 5.74) is 0.728. The van der Waals surface area contributed by atoms with Crippen LogP contribution in [0.25, 0.3) is 0 Å². The van der Waals surface area contributed by atoms with Gasteiger partial charge in [-0.2, -0.15) is 17.4 Å². The van der Waals surface area contributed by atoms with Gasteiger partial charge in [0.1, 0.15) is 5.76 Å². The van der Waals surface area contributed by atoms with E-state index in [2.05, 4.69) is 9.71 Å². The number of aryl methyl sites for hydroxylation is 2. The SMILES string of the molecule is Cc1nc(CNS(=O)(=O)N2CCC(C(=O)O)CC2)oc1C. The Morgan fingerprint density at radius 3 is 2.52 bits per heavy atom. The smallest absolute Gasteiger partial charge is 0.306 e. The van der Waals surface area contributed by atoms with Crippen LogP contribution in [0, 0.1) is 19.8 Å². The van der Waals surface area contributed by atoms with Crippen molar-refractivity contribution >= 4 is 16.2 Å². The Morgan fingerprint density at radius 1 is 1.43 bits per heavy atom. The number of oxazole rings is 1. The zero-order chi connectivity index (χ0) is 15.6. The van der Waals surface area contributed by atoms with E-state index in [1.165, 1.54) is 4.31 Å². The second kappa shape index (κ2) is 6.12. The standard InChI is InChI=1S/C12H19N3O5S/c1-8-9(2)20-11(14-8)7-13-21(18,19)15-5-3-10(4-6-15)12(16)17/h10,13H,3-7H2,1-2H3,(H,16,17). The molecule has 0 spiro atoms. The van der Waals surface area contributed by atoms with Crippen LogP contribution in [0.15, 0.2) is 4.42 Å². The Labute approximate surface area is 123 Å². The van der Waals surface area contributed by atoms with Crippen LogP contribution in [0.3, 0.4) is 0 Å². The van der Waals surface area contributed by atoms with E-state index < -0.39 is 22.1 Å². The molecule has 1 fully saturated rings. The minimum Gasteiger partial charge on any atom is -0.481 e. The molecule has 21 heavy (non-hydrogen) atoms. The topological polar surface area (TPSA) is 113 Å². The molecule has 1 aromatic heterocycles. The van der Waals surface area contributed by atoms with Gasteiger partial charge in [-0.05, 0) is 26.7 Å². The fourth-order valence-corrected chi connectivity index (χ4v) is 3.38. The van der Waals surface area contributed by atoms with Crippen molar-refractivity contribution < 1.29 is 22.7 Å². The molecule has 8 nitrogen and oxygen atoms in total. The summed E-state index contributed by atoms with van der Waals surface area (Å²) in [5.74, 6) is -0.361. The molecule has 0 aromatic carbocycles. The van der Waals surface area contributed by atoms with Crippen LogP contribution in [0.5, 0.6) is 0 Å². The van der Waals surface area contributed by atoms with Crippen molar-refractivity contribution in [3.8, 4) is 0 Å². The van der Waals surface area contributed by atoms with Gasteiger partial charge in [-0.1, -0.05) is 0 Å². The molecule has 118 valence electrons. The Kier molecular flexibility index (Phi) is 4.64. The van der Waals surface area contributed by atoms with Crippen LogP contribution in [0.1, 0.15) is 30.2 Å². The largest absolute Gasteiger partial charge is 0.481 e. The third kappa shape index (κ3) is 3.80. The molecule has 0 bridgehead atoms. The maximum absolute atomic E-state index is 12.1. The Bertz CT molecular complexity index is 597. The first kappa shape index (κ1) is 15.9. The van der Waals surface area contributed by atoms with Gasteiger partial charge in [0.25, 0.3) is 10.2 Å². The fraction of sp³-hybridized carbons (Fsp3) is 0.667. The van der Waals surface area contributed by atoms with Gasteiger partial charge in [0.2, 0.25) is 5.89 Å². The van der Waals surface area contributed by atoms with Crippen LogP contribution < -0.4 is 4.72 Å². The molecule has 0 aliphatic carbocycles. The summed E-state index contributed by atoms with van der Waals surface area (Å²) in [6, 6.07) is 0. The van der Waals surface area contributed by atoms with Gasteiger partial charge in [0.15, 0.2) is 0 Å². The average Bonchev–Trinajstić information content (AvgIpc) is 2.76. The number of hydrogen-bond donors (Lipinski definition) is 2. The van der Waals surface area contributed by atoms with Gasteiger partial charge in [-0.15, -0.1) is 0 Å². The first-order chi connectivity index (χ1) is 9.79. The lowest BCUT2D eigenvalue weighted by Crippen LogP contribution is -2.45. The molecule has 0 amide bonds. The number of carbonyl (C=O) groups is 1. The molecule has 0 atom stereocenters. The first-order valence-electron chi connectivity index (χ1n) is 6.70. The van der Waals surface area contributed by atoms with E-state index in [1.807, 2.05) is 0 Å². The summed E-state index contributed by atoms with van der Waals surface area (Å²) in [6.45, 7) is 3.94. The Hall–Kier alpha value is -1.45. The van der Waals surface area contributed by atoms with E-state index >= 15 is 0 Å². The number of hydrogen-bond acceptors (Lipinski definition) is 5.